The molecule has 2 rings (SSSR count). The van der Waals surface area contributed by atoms with Gasteiger partial charge in [0.05, 0.1) is 19.8 Å². The number of nitrogens with zero attached hydrogens (tertiary/aromatic N) is 3. The van der Waals surface area contributed by atoms with Gasteiger partial charge in [0.25, 0.3) is 0 Å². The average Bonchev–Trinajstić information content (AvgIpc) is 3.04. The van der Waals surface area contributed by atoms with Crippen LogP contribution in [0.4, 0.5) is 5.69 Å². The van der Waals surface area contributed by atoms with Gasteiger partial charge in [0.2, 0.25) is 5.91 Å². The van der Waals surface area contributed by atoms with E-state index in [1.807, 2.05) is 13.8 Å². The molecule has 1 heterocycles. The van der Waals surface area contributed by atoms with Crippen molar-refractivity contribution in [3.05, 3.63) is 34.6 Å². The van der Waals surface area contributed by atoms with Crippen LogP contribution in [0.2, 0.25) is 0 Å². The van der Waals surface area contributed by atoms with Crippen molar-refractivity contribution in [1.29, 1.82) is 0 Å². The van der Waals surface area contributed by atoms with Crippen molar-refractivity contribution in [2.45, 2.75) is 71.6 Å². The molecule has 1 atom stereocenters. The van der Waals surface area contributed by atoms with E-state index in [0.29, 0.717) is 11.8 Å². The van der Waals surface area contributed by atoms with Crippen LogP contribution in [-0.2, 0) is 11.3 Å². The van der Waals surface area contributed by atoms with Gasteiger partial charge in [-0.15, -0.1) is 10.2 Å². The maximum atomic E-state index is 12.6. The number of hydrogen-bond donors (Lipinski definition) is 2. The molecule has 6 nitrogen and oxygen atoms in total. The fraction of sp³-hybridized carbons (Fsp3) is 0.591. The molecule has 160 valence electrons. The summed E-state index contributed by atoms with van der Waals surface area (Å²) in [6, 6.07) is 4.50. The summed E-state index contributed by atoms with van der Waals surface area (Å²) in [7, 11) is 4.30. The van der Waals surface area contributed by atoms with Gasteiger partial charge in [0, 0.05) is 18.7 Å². The van der Waals surface area contributed by atoms with E-state index in [2.05, 4.69) is 67.1 Å². The molecule has 2 aromatic rings. The van der Waals surface area contributed by atoms with Gasteiger partial charge >= 0.3 is 0 Å². The molecule has 0 aliphatic carbocycles. The molecule has 0 bridgehead atoms. The highest BCUT2D eigenvalue weighted by atomic mass is 32.2. The number of anilines is 1. The van der Waals surface area contributed by atoms with Crippen molar-refractivity contribution < 1.29 is 9.69 Å². The monoisotopic (exact) mass is 418 g/mol. The second-order valence-corrected chi connectivity index (χ2v) is 8.94. The third-order valence-electron chi connectivity index (χ3n) is 5.17. The highest BCUT2D eigenvalue weighted by Gasteiger charge is 2.25. The first-order chi connectivity index (χ1) is 13.8. The molecule has 0 saturated heterocycles. The van der Waals surface area contributed by atoms with Crippen LogP contribution in [0.1, 0.15) is 61.7 Å². The predicted octanol–water partition coefficient (Wildman–Crippen LogP) is 3.33. The summed E-state index contributed by atoms with van der Waals surface area (Å²) >= 11 is 1.47. The summed E-state index contributed by atoms with van der Waals surface area (Å²) in [5.41, 5.74) is 4.30. The van der Waals surface area contributed by atoms with E-state index >= 15 is 0 Å². The zero-order chi connectivity index (χ0) is 21.6. The number of benzene rings is 1. The third-order valence-corrected chi connectivity index (χ3v) is 6.14. The van der Waals surface area contributed by atoms with E-state index in [-0.39, 0.29) is 5.91 Å². The SMILES string of the molecule is CCCCn1c(SCC(=O)Nc2c(C)cc(C)cc2C)nnc1[C@@H](CC)[NH+](C)C. The molecule has 7 heteroatoms. The summed E-state index contributed by atoms with van der Waals surface area (Å²) < 4.78 is 2.21. The quantitative estimate of drug-likeness (QED) is 0.581. The molecule has 0 aliphatic heterocycles. The minimum Gasteiger partial charge on any atom is -0.331 e. The smallest absolute Gasteiger partial charge is 0.234 e. The molecule has 0 spiro atoms. The molecule has 2 N–H and O–H groups in total. The van der Waals surface area contributed by atoms with Crippen molar-refractivity contribution in [2.24, 2.45) is 0 Å². The molecule has 0 radical (unpaired) electrons. The van der Waals surface area contributed by atoms with Crippen LogP contribution < -0.4 is 10.2 Å². The Hall–Kier alpha value is -1.86. The number of hydrogen-bond acceptors (Lipinski definition) is 4. The summed E-state index contributed by atoms with van der Waals surface area (Å²) in [6.45, 7) is 11.4. The maximum absolute atomic E-state index is 12.6. The number of carbonyl (C=O) groups excluding carboxylic acids is 1. The summed E-state index contributed by atoms with van der Waals surface area (Å²) in [6.07, 6.45) is 3.19. The van der Waals surface area contributed by atoms with E-state index < -0.39 is 0 Å². The Kier molecular flexibility index (Phi) is 8.71. The van der Waals surface area contributed by atoms with Gasteiger partial charge in [-0.2, -0.15) is 0 Å². The van der Waals surface area contributed by atoms with Gasteiger partial charge in [-0.1, -0.05) is 49.7 Å². The lowest BCUT2D eigenvalue weighted by molar-refractivity contribution is -0.893. The van der Waals surface area contributed by atoms with Crippen LogP contribution in [0.25, 0.3) is 0 Å². The van der Waals surface area contributed by atoms with E-state index in [1.54, 1.807) is 0 Å². The zero-order valence-electron chi connectivity index (χ0n) is 18.9. The van der Waals surface area contributed by atoms with Crippen molar-refractivity contribution in [2.75, 3.05) is 25.2 Å². The number of rotatable bonds is 10. The second kappa shape index (κ2) is 10.8. The number of aromatic nitrogens is 3. The van der Waals surface area contributed by atoms with Crippen LogP contribution in [0, 0.1) is 20.8 Å². The van der Waals surface area contributed by atoms with Crippen molar-refractivity contribution in [3.8, 4) is 0 Å². The number of aryl methyl sites for hydroxylation is 3. The number of quaternary nitrogens is 1. The Morgan fingerprint density at radius 3 is 2.38 bits per heavy atom. The largest absolute Gasteiger partial charge is 0.331 e. The van der Waals surface area contributed by atoms with Gasteiger partial charge in [-0.25, -0.2) is 0 Å². The Morgan fingerprint density at radius 1 is 1.17 bits per heavy atom. The summed E-state index contributed by atoms with van der Waals surface area (Å²) in [5.74, 6) is 1.33. The van der Waals surface area contributed by atoms with E-state index in [1.165, 1.54) is 22.2 Å². The van der Waals surface area contributed by atoms with E-state index in [0.717, 1.165) is 53.6 Å². The predicted molar refractivity (Wildman–Crippen MR) is 121 cm³/mol. The lowest BCUT2D eigenvalue weighted by Gasteiger charge is -2.20. The van der Waals surface area contributed by atoms with Crippen LogP contribution in [0.5, 0.6) is 0 Å². The van der Waals surface area contributed by atoms with Crippen LogP contribution >= 0.6 is 11.8 Å². The van der Waals surface area contributed by atoms with Gasteiger partial charge in [-0.3, -0.25) is 4.79 Å². The van der Waals surface area contributed by atoms with E-state index in [4.69, 9.17) is 0 Å². The highest BCUT2D eigenvalue weighted by Crippen LogP contribution is 2.24. The standard InChI is InChI=1S/C22H35N5OS/c1-8-10-11-27-21(18(9-2)26(6)7)24-25-22(27)29-14-19(28)23-20-16(4)12-15(3)13-17(20)5/h12-13,18H,8-11,14H2,1-7H3,(H,23,28)/p+1/t18-/m1/s1. The Bertz CT molecular complexity index is 808. The lowest BCUT2D eigenvalue weighted by Crippen LogP contribution is -3.06. The highest BCUT2D eigenvalue weighted by molar-refractivity contribution is 7.99. The van der Waals surface area contributed by atoms with Crippen molar-refractivity contribution in [3.63, 3.8) is 0 Å². The van der Waals surface area contributed by atoms with Crippen LogP contribution in [0.3, 0.4) is 0 Å². The van der Waals surface area contributed by atoms with Gasteiger partial charge in [-0.05, 0) is 38.3 Å². The first kappa shape index (κ1) is 23.4. The molecule has 0 unspecified atom stereocenters. The molecule has 0 aliphatic rings. The molecule has 29 heavy (non-hydrogen) atoms. The molecular formula is C22H36N5OS+. The van der Waals surface area contributed by atoms with Gasteiger partial charge in [0.1, 0.15) is 6.04 Å². The topological polar surface area (TPSA) is 64.2 Å². The van der Waals surface area contributed by atoms with Crippen LogP contribution in [-0.4, -0.2) is 40.5 Å². The minimum atomic E-state index is -0.0121. The summed E-state index contributed by atoms with van der Waals surface area (Å²) in [5, 5.41) is 12.8. The summed E-state index contributed by atoms with van der Waals surface area (Å²) in [4.78, 5) is 14.0. The van der Waals surface area contributed by atoms with Gasteiger partial charge < -0.3 is 14.8 Å². The van der Waals surface area contributed by atoms with Crippen LogP contribution in [0.15, 0.2) is 17.3 Å². The van der Waals surface area contributed by atoms with Gasteiger partial charge in [0.15, 0.2) is 11.0 Å². The molecule has 1 amide bonds. The first-order valence-corrected chi connectivity index (χ1v) is 11.5. The second-order valence-electron chi connectivity index (χ2n) is 7.99. The fourth-order valence-electron chi connectivity index (χ4n) is 3.72. The molecular weight excluding hydrogens is 382 g/mol. The lowest BCUT2D eigenvalue weighted by atomic mass is 10.1. The number of nitrogens with one attached hydrogen (secondary N) is 2. The molecule has 0 fully saturated rings. The maximum Gasteiger partial charge on any atom is 0.234 e. The average molecular weight is 419 g/mol. The Morgan fingerprint density at radius 2 is 1.83 bits per heavy atom. The molecule has 1 aromatic carbocycles. The number of carbonyl (C=O) groups is 1. The Labute approximate surface area is 179 Å². The van der Waals surface area contributed by atoms with E-state index in [9.17, 15) is 4.79 Å². The fourth-order valence-corrected chi connectivity index (χ4v) is 4.49. The third kappa shape index (κ3) is 6.06. The van der Waals surface area contributed by atoms with Crippen molar-refractivity contribution in [1.82, 2.24) is 14.8 Å². The van der Waals surface area contributed by atoms with Crippen molar-refractivity contribution >= 4 is 23.4 Å². The normalized spacial score (nSPS) is 12.4. The molecule has 1 aromatic heterocycles. The Balaban J connectivity index is 2.13. The minimum absolute atomic E-state index is 0.0121. The zero-order valence-corrected chi connectivity index (χ0v) is 19.7. The molecule has 0 saturated carbocycles. The number of amides is 1. The number of unbranched alkanes of at least 4 members (excludes halogenated alkanes) is 1. The first-order valence-electron chi connectivity index (χ1n) is 10.5. The number of thioether (sulfide) groups is 1.